The summed E-state index contributed by atoms with van der Waals surface area (Å²) in [7, 11) is 0. The second-order valence-electron chi connectivity index (χ2n) is 6.12. The standard InChI is InChI=1S/C17H32N4O4S/c1-4-13(22)5-8-19-15(23)6-9-20-16(24)7-10-21-17(25)14(18)11-26-12(2)3/h12,14H,4-11,18H2,1-3H3,(H,19,23)(H,20,24)(H,21,25)/t14-/m0/s1. The van der Waals surface area contributed by atoms with E-state index in [9.17, 15) is 19.2 Å². The van der Waals surface area contributed by atoms with E-state index in [1.165, 1.54) is 0 Å². The van der Waals surface area contributed by atoms with Crippen LogP contribution in [-0.2, 0) is 19.2 Å². The molecule has 8 nitrogen and oxygen atoms in total. The molecule has 0 spiro atoms. The number of nitrogens with one attached hydrogen (secondary N) is 3. The zero-order chi connectivity index (χ0) is 19.9. The second kappa shape index (κ2) is 14.5. The molecule has 0 unspecified atom stereocenters. The largest absolute Gasteiger partial charge is 0.356 e. The van der Waals surface area contributed by atoms with Crippen LogP contribution in [0.1, 0.15) is 46.5 Å². The summed E-state index contributed by atoms with van der Waals surface area (Å²) in [6.07, 6.45) is 1.06. The van der Waals surface area contributed by atoms with Crippen molar-refractivity contribution >= 4 is 35.3 Å². The summed E-state index contributed by atoms with van der Waals surface area (Å²) >= 11 is 1.61. The molecule has 0 aromatic rings. The normalized spacial score (nSPS) is 11.7. The third kappa shape index (κ3) is 13.7. The quantitative estimate of drug-likeness (QED) is 0.330. The van der Waals surface area contributed by atoms with Gasteiger partial charge in [-0.25, -0.2) is 0 Å². The van der Waals surface area contributed by atoms with Gasteiger partial charge in [-0.2, -0.15) is 11.8 Å². The van der Waals surface area contributed by atoms with E-state index in [0.717, 1.165) is 0 Å². The average molecular weight is 389 g/mol. The van der Waals surface area contributed by atoms with E-state index in [1.807, 2.05) is 13.8 Å². The molecule has 0 saturated carbocycles. The molecule has 0 saturated heterocycles. The maximum atomic E-state index is 11.8. The van der Waals surface area contributed by atoms with Gasteiger partial charge in [-0.1, -0.05) is 20.8 Å². The number of nitrogens with two attached hydrogens (primary N) is 1. The minimum absolute atomic E-state index is 0.100. The van der Waals surface area contributed by atoms with Crippen molar-refractivity contribution in [2.75, 3.05) is 25.4 Å². The van der Waals surface area contributed by atoms with Crippen LogP contribution in [-0.4, -0.2) is 60.2 Å². The van der Waals surface area contributed by atoms with Crippen LogP contribution >= 0.6 is 11.8 Å². The predicted octanol–water partition coefficient (Wildman–Crippen LogP) is -0.0467. The Bertz CT molecular complexity index is 472. The Morgan fingerprint density at radius 1 is 0.885 bits per heavy atom. The van der Waals surface area contributed by atoms with Gasteiger partial charge in [0, 0.05) is 51.1 Å². The Morgan fingerprint density at radius 2 is 1.38 bits per heavy atom. The molecule has 0 heterocycles. The number of carbonyl (C=O) groups is 4. The highest BCUT2D eigenvalue weighted by Crippen LogP contribution is 2.09. The Morgan fingerprint density at radius 3 is 1.88 bits per heavy atom. The topological polar surface area (TPSA) is 130 Å². The summed E-state index contributed by atoms with van der Waals surface area (Å²) < 4.78 is 0. The van der Waals surface area contributed by atoms with E-state index in [1.54, 1.807) is 18.7 Å². The summed E-state index contributed by atoms with van der Waals surface area (Å²) in [6, 6.07) is -0.589. The minimum Gasteiger partial charge on any atom is -0.356 e. The average Bonchev–Trinajstić information content (AvgIpc) is 2.59. The Balaban J connectivity index is 3.72. The van der Waals surface area contributed by atoms with Crippen LogP contribution in [0.15, 0.2) is 0 Å². The third-order valence-electron chi connectivity index (χ3n) is 3.39. The second-order valence-corrected chi connectivity index (χ2v) is 7.73. The van der Waals surface area contributed by atoms with Crippen LogP contribution in [0, 0.1) is 0 Å². The fraction of sp³-hybridized carbons (Fsp3) is 0.765. The van der Waals surface area contributed by atoms with Gasteiger partial charge in [0.2, 0.25) is 17.7 Å². The number of amides is 3. The lowest BCUT2D eigenvalue weighted by atomic mass is 10.2. The molecule has 0 aliphatic rings. The molecule has 0 aromatic carbocycles. The van der Waals surface area contributed by atoms with Gasteiger partial charge in [0.15, 0.2) is 0 Å². The van der Waals surface area contributed by atoms with Crippen LogP contribution < -0.4 is 21.7 Å². The molecular weight excluding hydrogens is 356 g/mol. The van der Waals surface area contributed by atoms with Gasteiger partial charge in [-0.3, -0.25) is 19.2 Å². The van der Waals surface area contributed by atoms with E-state index in [-0.39, 0.29) is 49.4 Å². The fourth-order valence-corrected chi connectivity index (χ4v) is 2.56. The van der Waals surface area contributed by atoms with Crippen molar-refractivity contribution in [2.45, 2.75) is 57.7 Å². The first-order valence-corrected chi connectivity index (χ1v) is 10.0. The highest BCUT2D eigenvalue weighted by atomic mass is 32.2. The molecule has 9 heteroatoms. The molecule has 1 atom stereocenters. The lowest BCUT2D eigenvalue weighted by Crippen LogP contribution is -2.43. The predicted molar refractivity (Wildman–Crippen MR) is 104 cm³/mol. The van der Waals surface area contributed by atoms with Crippen LogP contribution in [0.4, 0.5) is 0 Å². The molecule has 26 heavy (non-hydrogen) atoms. The fourth-order valence-electron chi connectivity index (χ4n) is 1.81. The van der Waals surface area contributed by atoms with Gasteiger partial charge < -0.3 is 21.7 Å². The van der Waals surface area contributed by atoms with E-state index in [4.69, 9.17) is 5.73 Å². The zero-order valence-electron chi connectivity index (χ0n) is 15.9. The lowest BCUT2D eigenvalue weighted by Gasteiger charge is -2.13. The van der Waals surface area contributed by atoms with Gasteiger partial charge in [0.1, 0.15) is 5.78 Å². The minimum atomic E-state index is -0.589. The highest BCUT2D eigenvalue weighted by molar-refractivity contribution is 7.99. The van der Waals surface area contributed by atoms with Gasteiger partial charge in [-0.05, 0) is 5.25 Å². The van der Waals surface area contributed by atoms with Crippen molar-refractivity contribution in [3.05, 3.63) is 0 Å². The number of hydrogen-bond acceptors (Lipinski definition) is 6. The van der Waals surface area contributed by atoms with Crippen molar-refractivity contribution < 1.29 is 19.2 Å². The van der Waals surface area contributed by atoms with Crippen LogP contribution in [0.3, 0.4) is 0 Å². The molecule has 0 aliphatic heterocycles. The zero-order valence-corrected chi connectivity index (χ0v) is 16.7. The van der Waals surface area contributed by atoms with Crippen molar-refractivity contribution in [3.8, 4) is 0 Å². The number of thioether (sulfide) groups is 1. The molecule has 3 amide bonds. The van der Waals surface area contributed by atoms with E-state index < -0.39 is 6.04 Å². The monoisotopic (exact) mass is 388 g/mol. The Kier molecular flexibility index (Phi) is 13.6. The summed E-state index contributed by atoms with van der Waals surface area (Å²) in [4.78, 5) is 46.1. The number of ketones is 1. The summed E-state index contributed by atoms with van der Waals surface area (Å²) in [5.41, 5.74) is 5.76. The van der Waals surface area contributed by atoms with Gasteiger partial charge in [0.25, 0.3) is 0 Å². The highest BCUT2D eigenvalue weighted by Gasteiger charge is 2.14. The molecular formula is C17H32N4O4S. The molecule has 0 aromatic heterocycles. The third-order valence-corrected chi connectivity index (χ3v) is 4.61. The van der Waals surface area contributed by atoms with Crippen molar-refractivity contribution in [3.63, 3.8) is 0 Å². The molecule has 0 rings (SSSR count). The van der Waals surface area contributed by atoms with E-state index in [0.29, 0.717) is 30.4 Å². The first kappa shape index (κ1) is 24.4. The summed E-state index contributed by atoms with van der Waals surface area (Å²) in [5.74, 6) is -0.0927. The molecule has 0 aliphatic carbocycles. The van der Waals surface area contributed by atoms with Gasteiger partial charge in [0.05, 0.1) is 6.04 Å². The van der Waals surface area contributed by atoms with Crippen molar-refractivity contribution in [1.29, 1.82) is 0 Å². The maximum Gasteiger partial charge on any atom is 0.237 e. The molecule has 0 fully saturated rings. The summed E-state index contributed by atoms with van der Waals surface area (Å²) in [6.45, 7) is 6.58. The van der Waals surface area contributed by atoms with Gasteiger partial charge >= 0.3 is 0 Å². The molecule has 150 valence electrons. The van der Waals surface area contributed by atoms with Crippen LogP contribution in [0.25, 0.3) is 0 Å². The number of Topliss-reactive ketones (excluding diaryl/α,β-unsaturated/α-hetero) is 1. The summed E-state index contributed by atoms with van der Waals surface area (Å²) in [5, 5.41) is 8.28. The number of hydrogen-bond donors (Lipinski definition) is 4. The molecule has 0 radical (unpaired) electrons. The number of carbonyl (C=O) groups excluding carboxylic acids is 4. The first-order chi connectivity index (χ1) is 12.3. The smallest absolute Gasteiger partial charge is 0.237 e. The Hall–Kier alpha value is -1.61. The van der Waals surface area contributed by atoms with Crippen molar-refractivity contribution in [1.82, 2.24) is 16.0 Å². The molecule has 0 bridgehead atoms. The van der Waals surface area contributed by atoms with Gasteiger partial charge in [-0.15, -0.1) is 0 Å². The van der Waals surface area contributed by atoms with Crippen LogP contribution in [0.2, 0.25) is 0 Å². The molecule has 5 N–H and O–H groups in total. The number of rotatable bonds is 14. The van der Waals surface area contributed by atoms with Crippen LogP contribution in [0.5, 0.6) is 0 Å². The van der Waals surface area contributed by atoms with Crippen molar-refractivity contribution in [2.24, 2.45) is 5.73 Å². The maximum absolute atomic E-state index is 11.8. The Labute approximate surface area is 159 Å². The SMILES string of the molecule is CCC(=O)CCNC(=O)CCNC(=O)CCNC(=O)[C@@H](N)CSC(C)C. The first-order valence-electron chi connectivity index (χ1n) is 8.96. The van der Waals surface area contributed by atoms with E-state index in [2.05, 4.69) is 16.0 Å². The van der Waals surface area contributed by atoms with E-state index >= 15 is 0 Å². The lowest BCUT2D eigenvalue weighted by molar-refractivity contribution is -0.123.